The average Bonchev–Trinajstić information content (AvgIpc) is 2.70. The van der Waals surface area contributed by atoms with Crippen LogP contribution in [0.25, 0.3) is 0 Å². The Balaban J connectivity index is 1.82. The lowest BCUT2D eigenvalue weighted by molar-refractivity contribution is 0.260. The normalized spacial score (nSPS) is 21.1. The zero-order chi connectivity index (χ0) is 9.80. The molecule has 1 aromatic carbocycles. The average molecular weight is 256 g/mol. The van der Waals surface area contributed by atoms with Gasteiger partial charge in [-0.15, -0.1) is 0 Å². The SMILES string of the molecule is Brc1ccc(OC[C@@H]2CCNC2)cc1. The number of hydrogen-bond acceptors (Lipinski definition) is 2. The molecular formula is C11H14BrNO. The molecule has 2 nitrogen and oxygen atoms in total. The zero-order valence-electron chi connectivity index (χ0n) is 8.00. The van der Waals surface area contributed by atoms with Crippen LogP contribution in [-0.2, 0) is 0 Å². The van der Waals surface area contributed by atoms with Gasteiger partial charge in [0.1, 0.15) is 5.75 Å². The molecule has 1 aliphatic heterocycles. The summed E-state index contributed by atoms with van der Waals surface area (Å²) in [5, 5.41) is 3.33. The van der Waals surface area contributed by atoms with Crippen LogP contribution < -0.4 is 10.1 Å². The van der Waals surface area contributed by atoms with E-state index < -0.39 is 0 Å². The molecule has 1 N–H and O–H groups in total. The summed E-state index contributed by atoms with van der Waals surface area (Å²) in [5.74, 6) is 1.64. The lowest BCUT2D eigenvalue weighted by Gasteiger charge is -2.10. The molecule has 76 valence electrons. The Bertz CT molecular complexity index is 280. The molecular weight excluding hydrogens is 242 g/mol. The van der Waals surface area contributed by atoms with E-state index in [2.05, 4.69) is 21.2 Å². The zero-order valence-corrected chi connectivity index (χ0v) is 9.59. The summed E-state index contributed by atoms with van der Waals surface area (Å²) < 4.78 is 6.77. The monoisotopic (exact) mass is 255 g/mol. The van der Waals surface area contributed by atoms with Gasteiger partial charge in [0.15, 0.2) is 0 Å². The van der Waals surface area contributed by atoms with Crippen molar-refractivity contribution >= 4 is 15.9 Å². The standard InChI is InChI=1S/C11H14BrNO/c12-10-1-3-11(4-2-10)14-8-9-5-6-13-7-9/h1-4,9,13H,5-8H2/t9-/m1/s1. The third kappa shape index (κ3) is 2.72. The summed E-state index contributed by atoms with van der Waals surface area (Å²) in [6.07, 6.45) is 1.23. The minimum Gasteiger partial charge on any atom is -0.493 e. The molecule has 1 aliphatic rings. The second-order valence-corrected chi connectivity index (χ2v) is 4.54. The van der Waals surface area contributed by atoms with E-state index in [1.54, 1.807) is 0 Å². The lowest BCUT2D eigenvalue weighted by Crippen LogP contribution is -2.15. The van der Waals surface area contributed by atoms with Gasteiger partial charge in [0, 0.05) is 16.9 Å². The molecule has 1 atom stereocenters. The molecule has 1 saturated heterocycles. The highest BCUT2D eigenvalue weighted by Crippen LogP contribution is 2.17. The Kier molecular flexibility index (Phi) is 3.43. The fourth-order valence-electron chi connectivity index (χ4n) is 1.60. The Morgan fingerprint density at radius 1 is 1.36 bits per heavy atom. The summed E-state index contributed by atoms with van der Waals surface area (Å²) in [4.78, 5) is 0. The Labute approximate surface area is 92.8 Å². The number of ether oxygens (including phenoxy) is 1. The van der Waals surface area contributed by atoms with Crippen LogP contribution in [0.4, 0.5) is 0 Å². The Hall–Kier alpha value is -0.540. The fourth-order valence-corrected chi connectivity index (χ4v) is 1.87. The van der Waals surface area contributed by atoms with Crippen LogP contribution in [0, 0.1) is 5.92 Å². The summed E-state index contributed by atoms with van der Waals surface area (Å²) >= 11 is 3.40. The van der Waals surface area contributed by atoms with Crippen LogP contribution in [0.2, 0.25) is 0 Å². The Morgan fingerprint density at radius 2 is 2.14 bits per heavy atom. The van der Waals surface area contributed by atoms with Gasteiger partial charge in [-0.1, -0.05) is 15.9 Å². The van der Waals surface area contributed by atoms with Crippen LogP contribution in [0.3, 0.4) is 0 Å². The highest BCUT2D eigenvalue weighted by Gasteiger charge is 2.14. The molecule has 3 heteroatoms. The molecule has 0 unspecified atom stereocenters. The van der Waals surface area contributed by atoms with Gasteiger partial charge in [0.2, 0.25) is 0 Å². The van der Waals surface area contributed by atoms with Gasteiger partial charge in [-0.2, -0.15) is 0 Å². The van der Waals surface area contributed by atoms with Crippen LogP contribution in [0.15, 0.2) is 28.7 Å². The van der Waals surface area contributed by atoms with E-state index in [0.717, 1.165) is 29.9 Å². The van der Waals surface area contributed by atoms with E-state index in [4.69, 9.17) is 4.74 Å². The van der Waals surface area contributed by atoms with Crippen molar-refractivity contribution in [1.82, 2.24) is 5.32 Å². The molecule has 0 bridgehead atoms. The minimum atomic E-state index is 0.679. The van der Waals surface area contributed by atoms with E-state index in [1.807, 2.05) is 24.3 Å². The second-order valence-electron chi connectivity index (χ2n) is 3.62. The van der Waals surface area contributed by atoms with Crippen molar-refractivity contribution < 1.29 is 4.74 Å². The van der Waals surface area contributed by atoms with Crippen molar-refractivity contribution in [3.8, 4) is 5.75 Å². The highest BCUT2D eigenvalue weighted by molar-refractivity contribution is 9.10. The van der Waals surface area contributed by atoms with Crippen LogP contribution in [0.1, 0.15) is 6.42 Å². The molecule has 0 spiro atoms. The molecule has 1 aromatic rings. The summed E-state index contributed by atoms with van der Waals surface area (Å²) in [7, 11) is 0. The van der Waals surface area contributed by atoms with E-state index in [0.29, 0.717) is 5.92 Å². The number of benzene rings is 1. The molecule has 1 heterocycles. The molecule has 0 saturated carbocycles. The summed E-state index contributed by atoms with van der Waals surface area (Å²) in [6.45, 7) is 3.06. The number of rotatable bonds is 3. The topological polar surface area (TPSA) is 21.3 Å². The smallest absolute Gasteiger partial charge is 0.119 e. The predicted molar refractivity (Wildman–Crippen MR) is 60.6 cm³/mol. The summed E-state index contributed by atoms with van der Waals surface area (Å²) in [5.41, 5.74) is 0. The number of nitrogens with one attached hydrogen (secondary N) is 1. The van der Waals surface area contributed by atoms with E-state index in [1.165, 1.54) is 6.42 Å². The van der Waals surface area contributed by atoms with Crippen molar-refractivity contribution in [3.63, 3.8) is 0 Å². The maximum absolute atomic E-state index is 5.68. The van der Waals surface area contributed by atoms with Crippen molar-refractivity contribution in [1.29, 1.82) is 0 Å². The fraction of sp³-hybridized carbons (Fsp3) is 0.455. The quantitative estimate of drug-likeness (QED) is 0.896. The van der Waals surface area contributed by atoms with Crippen LogP contribution in [-0.4, -0.2) is 19.7 Å². The van der Waals surface area contributed by atoms with Gasteiger partial charge in [0.05, 0.1) is 6.61 Å². The van der Waals surface area contributed by atoms with Crippen molar-refractivity contribution in [2.24, 2.45) is 5.92 Å². The lowest BCUT2D eigenvalue weighted by atomic mass is 10.1. The maximum atomic E-state index is 5.68. The maximum Gasteiger partial charge on any atom is 0.119 e. The van der Waals surface area contributed by atoms with Gasteiger partial charge in [-0.3, -0.25) is 0 Å². The Morgan fingerprint density at radius 3 is 2.79 bits per heavy atom. The van der Waals surface area contributed by atoms with Gasteiger partial charge in [-0.25, -0.2) is 0 Å². The van der Waals surface area contributed by atoms with Crippen LogP contribution in [0.5, 0.6) is 5.75 Å². The minimum absolute atomic E-state index is 0.679. The van der Waals surface area contributed by atoms with E-state index >= 15 is 0 Å². The molecule has 0 aromatic heterocycles. The first-order valence-electron chi connectivity index (χ1n) is 4.94. The van der Waals surface area contributed by atoms with E-state index in [-0.39, 0.29) is 0 Å². The van der Waals surface area contributed by atoms with E-state index in [9.17, 15) is 0 Å². The molecule has 2 rings (SSSR count). The number of hydrogen-bond donors (Lipinski definition) is 1. The van der Waals surface area contributed by atoms with Gasteiger partial charge in [-0.05, 0) is 37.2 Å². The third-order valence-electron chi connectivity index (χ3n) is 2.46. The van der Waals surface area contributed by atoms with Gasteiger partial charge in [0.25, 0.3) is 0 Å². The first-order chi connectivity index (χ1) is 6.84. The molecule has 14 heavy (non-hydrogen) atoms. The largest absolute Gasteiger partial charge is 0.493 e. The predicted octanol–water partition coefficient (Wildman–Crippen LogP) is 2.44. The molecule has 0 aliphatic carbocycles. The second kappa shape index (κ2) is 4.80. The van der Waals surface area contributed by atoms with Gasteiger partial charge < -0.3 is 10.1 Å². The first-order valence-corrected chi connectivity index (χ1v) is 5.73. The first kappa shape index (κ1) is 9.99. The summed E-state index contributed by atoms with van der Waals surface area (Å²) in [6, 6.07) is 7.99. The molecule has 0 radical (unpaired) electrons. The van der Waals surface area contributed by atoms with Crippen LogP contribution >= 0.6 is 15.9 Å². The van der Waals surface area contributed by atoms with Crippen molar-refractivity contribution in [2.75, 3.05) is 19.7 Å². The third-order valence-corrected chi connectivity index (χ3v) is 2.99. The van der Waals surface area contributed by atoms with Crippen molar-refractivity contribution in [3.05, 3.63) is 28.7 Å². The highest BCUT2D eigenvalue weighted by atomic mass is 79.9. The van der Waals surface area contributed by atoms with Crippen molar-refractivity contribution in [2.45, 2.75) is 6.42 Å². The molecule has 0 amide bonds. The molecule has 1 fully saturated rings. The number of halogens is 1. The van der Waals surface area contributed by atoms with Gasteiger partial charge >= 0.3 is 0 Å².